The average molecular weight is 344 g/mol. The van der Waals surface area contributed by atoms with Gasteiger partial charge in [0.15, 0.2) is 5.82 Å². The molecular formula is C13H12BrClN2O2. The molecule has 0 saturated heterocycles. The topological polar surface area (TPSA) is 44.2 Å². The number of rotatable bonds is 4. The van der Waals surface area contributed by atoms with Gasteiger partial charge in [-0.05, 0) is 30.7 Å². The van der Waals surface area contributed by atoms with Crippen molar-refractivity contribution >= 4 is 27.5 Å². The van der Waals surface area contributed by atoms with E-state index in [0.717, 1.165) is 10.0 Å². The van der Waals surface area contributed by atoms with Gasteiger partial charge in [-0.25, -0.2) is 4.98 Å². The molecule has 6 heteroatoms. The molecule has 2 aromatic rings. The second kappa shape index (κ2) is 6.32. The van der Waals surface area contributed by atoms with E-state index < -0.39 is 0 Å². The van der Waals surface area contributed by atoms with E-state index in [-0.39, 0.29) is 6.61 Å². The number of aromatic nitrogens is 2. The maximum absolute atomic E-state index is 5.91. The Hall–Kier alpha value is -1.17. The Morgan fingerprint density at radius 2 is 2.05 bits per heavy atom. The van der Waals surface area contributed by atoms with Crippen LogP contribution < -0.4 is 4.74 Å². The zero-order valence-corrected chi connectivity index (χ0v) is 12.8. The maximum atomic E-state index is 5.91. The van der Waals surface area contributed by atoms with Crippen LogP contribution >= 0.6 is 27.5 Å². The van der Waals surface area contributed by atoms with Crippen LogP contribution in [-0.4, -0.2) is 17.1 Å². The van der Waals surface area contributed by atoms with E-state index in [0.29, 0.717) is 22.6 Å². The zero-order chi connectivity index (χ0) is 13.8. The molecule has 2 rings (SSSR count). The molecule has 1 aromatic carbocycles. The molecule has 0 bridgehead atoms. The van der Waals surface area contributed by atoms with Gasteiger partial charge in [0.2, 0.25) is 5.88 Å². The summed E-state index contributed by atoms with van der Waals surface area (Å²) in [4.78, 5) is 8.25. The summed E-state index contributed by atoms with van der Waals surface area (Å²) >= 11 is 9.35. The van der Waals surface area contributed by atoms with E-state index in [2.05, 4.69) is 25.9 Å². The predicted molar refractivity (Wildman–Crippen MR) is 76.7 cm³/mol. The Morgan fingerprint density at radius 3 is 2.74 bits per heavy atom. The standard InChI is InChI=1S/C13H12BrClN2O2/c1-8-5-9(3-4-10(8)14)19-13-6-11(15)16-12(17-13)7-18-2/h3-6H,7H2,1-2H3. The van der Waals surface area contributed by atoms with Crippen molar-refractivity contribution in [2.24, 2.45) is 0 Å². The molecule has 0 spiro atoms. The minimum Gasteiger partial charge on any atom is -0.439 e. The van der Waals surface area contributed by atoms with Gasteiger partial charge < -0.3 is 9.47 Å². The van der Waals surface area contributed by atoms with Crippen LogP contribution in [0, 0.1) is 6.92 Å². The summed E-state index contributed by atoms with van der Waals surface area (Å²) < 4.78 is 11.7. The fourth-order valence-corrected chi connectivity index (χ4v) is 1.93. The van der Waals surface area contributed by atoms with Crippen molar-refractivity contribution in [1.82, 2.24) is 9.97 Å². The molecule has 0 atom stereocenters. The van der Waals surface area contributed by atoms with Crippen LogP contribution in [0.1, 0.15) is 11.4 Å². The molecule has 0 aliphatic rings. The van der Waals surface area contributed by atoms with Crippen molar-refractivity contribution in [1.29, 1.82) is 0 Å². The molecule has 100 valence electrons. The Kier molecular flexibility index (Phi) is 4.74. The van der Waals surface area contributed by atoms with Crippen LogP contribution in [-0.2, 0) is 11.3 Å². The number of aryl methyl sites for hydroxylation is 1. The first-order chi connectivity index (χ1) is 9.08. The Balaban J connectivity index is 2.24. The van der Waals surface area contributed by atoms with Gasteiger partial charge in [-0.15, -0.1) is 0 Å². The first-order valence-electron chi connectivity index (χ1n) is 5.55. The summed E-state index contributed by atoms with van der Waals surface area (Å²) in [7, 11) is 1.57. The second-order valence-electron chi connectivity index (χ2n) is 3.89. The Morgan fingerprint density at radius 1 is 1.26 bits per heavy atom. The lowest BCUT2D eigenvalue weighted by Gasteiger charge is -2.08. The monoisotopic (exact) mass is 342 g/mol. The van der Waals surface area contributed by atoms with E-state index in [4.69, 9.17) is 21.1 Å². The summed E-state index contributed by atoms with van der Waals surface area (Å²) in [6.07, 6.45) is 0. The molecule has 1 heterocycles. The number of hydrogen-bond acceptors (Lipinski definition) is 4. The quantitative estimate of drug-likeness (QED) is 0.783. The smallest absolute Gasteiger partial charge is 0.224 e. The van der Waals surface area contributed by atoms with Gasteiger partial charge in [-0.1, -0.05) is 27.5 Å². The normalized spacial score (nSPS) is 10.5. The molecule has 0 aliphatic heterocycles. The molecule has 1 aromatic heterocycles. The summed E-state index contributed by atoms with van der Waals surface area (Å²) in [5, 5.41) is 0.325. The predicted octanol–water partition coefficient (Wildman–Crippen LogP) is 4.14. The van der Waals surface area contributed by atoms with Crippen molar-refractivity contribution in [3.63, 3.8) is 0 Å². The summed E-state index contributed by atoms with van der Waals surface area (Å²) in [5.41, 5.74) is 1.08. The van der Waals surface area contributed by atoms with Gasteiger partial charge in [0.1, 0.15) is 17.5 Å². The Bertz CT molecular complexity index is 593. The molecular weight excluding hydrogens is 332 g/mol. The average Bonchev–Trinajstić information content (AvgIpc) is 2.33. The van der Waals surface area contributed by atoms with E-state index in [1.54, 1.807) is 13.2 Å². The van der Waals surface area contributed by atoms with Crippen molar-refractivity contribution in [3.05, 3.63) is 45.3 Å². The lowest BCUT2D eigenvalue weighted by atomic mass is 10.2. The van der Waals surface area contributed by atoms with Gasteiger partial charge >= 0.3 is 0 Å². The van der Waals surface area contributed by atoms with Crippen molar-refractivity contribution in [2.75, 3.05) is 7.11 Å². The van der Waals surface area contributed by atoms with Crippen molar-refractivity contribution < 1.29 is 9.47 Å². The largest absolute Gasteiger partial charge is 0.439 e. The molecule has 0 fully saturated rings. The highest BCUT2D eigenvalue weighted by Gasteiger charge is 2.06. The highest BCUT2D eigenvalue weighted by atomic mass is 79.9. The molecule has 0 amide bonds. The van der Waals surface area contributed by atoms with E-state index in [1.165, 1.54) is 0 Å². The van der Waals surface area contributed by atoms with Crippen molar-refractivity contribution in [3.8, 4) is 11.6 Å². The third kappa shape index (κ3) is 3.89. The Labute approximate surface area is 124 Å². The fourth-order valence-electron chi connectivity index (χ4n) is 1.49. The number of methoxy groups -OCH3 is 1. The van der Waals surface area contributed by atoms with Crippen molar-refractivity contribution in [2.45, 2.75) is 13.5 Å². The number of hydrogen-bond donors (Lipinski definition) is 0. The minimum atomic E-state index is 0.288. The second-order valence-corrected chi connectivity index (χ2v) is 5.13. The first kappa shape index (κ1) is 14.2. The summed E-state index contributed by atoms with van der Waals surface area (Å²) in [6, 6.07) is 7.25. The molecule has 0 unspecified atom stereocenters. The summed E-state index contributed by atoms with van der Waals surface area (Å²) in [6.45, 7) is 2.27. The molecule has 0 saturated carbocycles. The molecule has 19 heavy (non-hydrogen) atoms. The molecule has 0 aliphatic carbocycles. The van der Waals surface area contributed by atoms with Crippen LogP contribution in [0.3, 0.4) is 0 Å². The molecule has 0 N–H and O–H groups in total. The number of benzene rings is 1. The number of ether oxygens (including phenoxy) is 2. The van der Waals surface area contributed by atoms with Gasteiger partial charge in [-0.2, -0.15) is 4.98 Å². The SMILES string of the molecule is COCc1nc(Cl)cc(Oc2ccc(Br)c(C)c2)n1. The third-order valence-corrected chi connectivity index (χ3v) is 3.43. The van der Waals surface area contributed by atoms with Crippen LogP contribution in [0.5, 0.6) is 11.6 Å². The third-order valence-electron chi connectivity index (χ3n) is 2.34. The van der Waals surface area contributed by atoms with E-state index >= 15 is 0 Å². The van der Waals surface area contributed by atoms with Gasteiger partial charge in [0.05, 0.1) is 0 Å². The minimum absolute atomic E-state index is 0.288. The number of halogens is 2. The van der Waals surface area contributed by atoms with Gasteiger partial charge in [0.25, 0.3) is 0 Å². The maximum Gasteiger partial charge on any atom is 0.224 e. The van der Waals surface area contributed by atoms with E-state index in [9.17, 15) is 0 Å². The highest BCUT2D eigenvalue weighted by molar-refractivity contribution is 9.10. The van der Waals surface area contributed by atoms with Gasteiger partial charge in [0, 0.05) is 17.6 Å². The molecule has 4 nitrogen and oxygen atoms in total. The number of nitrogens with zero attached hydrogens (tertiary/aromatic N) is 2. The zero-order valence-electron chi connectivity index (χ0n) is 10.5. The summed E-state index contributed by atoms with van der Waals surface area (Å²) in [5.74, 6) is 1.58. The van der Waals surface area contributed by atoms with E-state index in [1.807, 2.05) is 25.1 Å². The lowest BCUT2D eigenvalue weighted by molar-refractivity contribution is 0.177. The first-order valence-corrected chi connectivity index (χ1v) is 6.72. The van der Waals surface area contributed by atoms with Crippen LogP contribution in [0.15, 0.2) is 28.7 Å². The highest BCUT2D eigenvalue weighted by Crippen LogP contribution is 2.26. The van der Waals surface area contributed by atoms with Crippen LogP contribution in [0.2, 0.25) is 5.15 Å². The van der Waals surface area contributed by atoms with Gasteiger partial charge in [-0.3, -0.25) is 0 Å². The van der Waals surface area contributed by atoms with Crippen LogP contribution in [0.25, 0.3) is 0 Å². The van der Waals surface area contributed by atoms with Crippen LogP contribution in [0.4, 0.5) is 0 Å². The lowest BCUT2D eigenvalue weighted by Crippen LogP contribution is -1.99. The fraction of sp³-hybridized carbons (Fsp3) is 0.231. The molecule has 0 radical (unpaired) electrons.